The summed E-state index contributed by atoms with van der Waals surface area (Å²) in [5, 5.41) is 4.89. The highest BCUT2D eigenvalue weighted by molar-refractivity contribution is 14.1. The molecule has 0 heterocycles. The number of hydrogen-bond donors (Lipinski definition) is 1. The standard InChI is InChI=1S/C12H6F4INO2S/c13-5-3-8(15)10(9(4-5)21(18,19)20)6-1-2-7(14)12(17)11(6)16/h1-4H,(H2,18,19,20). The maximum absolute atomic E-state index is 14.1. The van der Waals surface area contributed by atoms with Crippen molar-refractivity contribution in [2.24, 2.45) is 5.14 Å². The van der Waals surface area contributed by atoms with Crippen LogP contribution in [0, 0.1) is 26.8 Å². The summed E-state index contributed by atoms with van der Waals surface area (Å²) >= 11 is 1.35. The van der Waals surface area contributed by atoms with Gasteiger partial charge in [-0.1, -0.05) is 0 Å². The lowest BCUT2D eigenvalue weighted by atomic mass is 10.0. The number of hydrogen-bond acceptors (Lipinski definition) is 2. The topological polar surface area (TPSA) is 60.2 Å². The Balaban J connectivity index is 2.91. The van der Waals surface area contributed by atoms with E-state index >= 15 is 0 Å². The van der Waals surface area contributed by atoms with Gasteiger partial charge in [0, 0.05) is 17.2 Å². The van der Waals surface area contributed by atoms with E-state index in [4.69, 9.17) is 5.14 Å². The van der Waals surface area contributed by atoms with E-state index < -0.39 is 52.9 Å². The van der Waals surface area contributed by atoms with Gasteiger partial charge in [0.15, 0.2) is 0 Å². The summed E-state index contributed by atoms with van der Waals surface area (Å²) in [4.78, 5) is -0.915. The number of sulfonamides is 1. The normalized spacial score (nSPS) is 11.7. The number of nitrogens with two attached hydrogens (primary N) is 1. The minimum absolute atomic E-state index is 0.389. The van der Waals surface area contributed by atoms with Crippen molar-refractivity contribution in [2.75, 3.05) is 0 Å². The monoisotopic (exact) mass is 431 g/mol. The third-order valence-corrected chi connectivity index (χ3v) is 4.55. The smallest absolute Gasteiger partial charge is 0.225 e. The SMILES string of the molecule is NS(=O)(=O)c1cc(F)cc(F)c1-c1ccc(F)c(I)c1F. The van der Waals surface area contributed by atoms with Gasteiger partial charge in [0.2, 0.25) is 10.0 Å². The van der Waals surface area contributed by atoms with Crippen molar-refractivity contribution in [2.45, 2.75) is 4.90 Å². The summed E-state index contributed by atoms with van der Waals surface area (Å²) in [5.41, 5.74) is -1.27. The molecule has 2 rings (SSSR count). The molecule has 0 saturated heterocycles. The van der Waals surface area contributed by atoms with E-state index in [0.29, 0.717) is 12.1 Å². The van der Waals surface area contributed by atoms with Gasteiger partial charge in [0.1, 0.15) is 23.3 Å². The van der Waals surface area contributed by atoms with E-state index in [-0.39, 0.29) is 0 Å². The minimum Gasteiger partial charge on any atom is -0.225 e. The van der Waals surface area contributed by atoms with E-state index in [1.165, 1.54) is 22.6 Å². The van der Waals surface area contributed by atoms with Crippen molar-refractivity contribution in [3.8, 4) is 11.1 Å². The lowest BCUT2D eigenvalue weighted by Crippen LogP contribution is -2.15. The highest BCUT2D eigenvalue weighted by atomic mass is 127. The van der Waals surface area contributed by atoms with Crippen molar-refractivity contribution in [3.05, 3.63) is 51.1 Å². The average molecular weight is 431 g/mol. The summed E-state index contributed by atoms with van der Waals surface area (Å²) in [6.07, 6.45) is 0. The Morgan fingerprint density at radius 3 is 2.19 bits per heavy atom. The van der Waals surface area contributed by atoms with Crippen LogP contribution in [0.3, 0.4) is 0 Å². The van der Waals surface area contributed by atoms with Crippen molar-refractivity contribution in [3.63, 3.8) is 0 Å². The summed E-state index contributed by atoms with van der Waals surface area (Å²) in [6.45, 7) is 0. The van der Waals surface area contributed by atoms with E-state index in [0.717, 1.165) is 12.1 Å². The second kappa shape index (κ2) is 5.54. The largest absolute Gasteiger partial charge is 0.238 e. The fraction of sp³-hybridized carbons (Fsp3) is 0. The summed E-state index contributed by atoms with van der Waals surface area (Å²) in [6, 6.07) is 2.57. The fourth-order valence-corrected chi connectivity index (χ4v) is 2.99. The third kappa shape index (κ3) is 3.04. The van der Waals surface area contributed by atoms with Crippen LogP contribution in [0.1, 0.15) is 0 Å². The quantitative estimate of drug-likeness (QED) is 0.452. The van der Waals surface area contributed by atoms with Crippen LogP contribution in [0.2, 0.25) is 0 Å². The molecule has 0 unspecified atom stereocenters. The molecule has 2 aromatic rings. The van der Waals surface area contributed by atoms with Crippen molar-refractivity contribution < 1.29 is 26.0 Å². The van der Waals surface area contributed by atoms with Crippen molar-refractivity contribution >= 4 is 32.6 Å². The van der Waals surface area contributed by atoms with Crippen LogP contribution >= 0.6 is 22.6 Å². The Labute approximate surface area is 131 Å². The molecule has 0 spiro atoms. The molecule has 0 radical (unpaired) electrons. The maximum atomic E-state index is 14.1. The number of rotatable bonds is 2. The highest BCUT2D eigenvalue weighted by Crippen LogP contribution is 2.34. The molecule has 0 bridgehead atoms. The number of primary sulfonamides is 1. The predicted molar refractivity (Wildman–Crippen MR) is 75.8 cm³/mol. The highest BCUT2D eigenvalue weighted by Gasteiger charge is 2.24. The molecule has 2 N–H and O–H groups in total. The van der Waals surface area contributed by atoms with Gasteiger partial charge in [-0.15, -0.1) is 0 Å². The molecule has 0 aromatic heterocycles. The fourth-order valence-electron chi connectivity index (χ4n) is 1.75. The molecule has 112 valence electrons. The van der Waals surface area contributed by atoms with E-state index in [9.17, 15) is 26.0 Å². The summed E-state index contributed by atoms with van der Waals surface area (Å²) in [7, 11) is -4.51. The minimum atomic E-state index is -4.51. The Morgan fingerprint density at radius 2 is 1.62 bits per heavy atom. The molecule has 2 aromatic carbocycles. The number of halogens is 5. The molecule has 3 nitrogen and oxygen atoms in total. The zero-order valence-corrected chi connectivity index (χ0v) is 13.0. The first-order valence-corrected chi connectivity index (χ1v) is 7.91. The summed E-state index contributed by atoms with van der Waals surface area (Å²) in [5.74, 6) is -4.56. The first-order valence-electron chi connectivity index (χ1n) is 5.28. The first kappa shape index (κ1) is 16.2. The second-order valence-electron chi connectivity index (χ2n) is 4.03. The summed E-state index contributed by atoms with van der Waals surface area (Å²) < 4.78 is 76.8. The zero-order chi connectivity index (χ0) is 15.9. The molecule has 21 heavy (non-hydrogen) atoms. The lowest BCUT2D eigenvalue weighted by Gasteiger charge is -2.11. The van der Waals surface area contributed by atoms with Crippen molar-refractivity contribution in [1.82, 2.24) is 0 Å². The van der Waals surface area contributed by atoms with E-state index in [1.54, 1.807) is 0 Å². The molecule has 0 amide bonds. The third-order valence-electron chi connectivity index (χ3n) is 2.63. The Bertz CT molecular complexity index is 840. The molecule has 0 fully saturated rings. The van der Waals surface area contributed by atoms with Crippen LogP contribution in [0.4, 0.5) is 17.6 Å². The molecule has 0 aliphatic heterocycles. The molecule has 0 aliphatic carbocycles. The van der Waals surface area contributed by atoms with Crippen LogP contribution in [-0.2, 0) is 10.0 Å². The number of benzene rings is 2. The molecule has 0 atom stereocenters. The Morgan fingerprint density at radius 1 is 1.00 bits per heavy atom. The predicted octanol–water partition coefficient (Wildman–Crippen LogP) is 3.16. The van der Waals surface area contributed by atoms with E-state index in [1.807, 2.05) is 0 Å². The molecular formula is C12H6F4INO2S. The van der Waals surface area contributed by atoms with Gasteiger partial charge in [0.25, 0.3) is 0 Å². The average Bonchev–Trinajstić information content (AvgIpc) is 2.36. The van der Waals surface area contributed by atoms with Crippen molar-refractivity contribution in [1.29, 1.82) is 0 Å². The second-order valence-corrected chi connectivity index (χ2v) is 6.64. The zero-order valence-electron chi connectivity index (χ0n) is 10.0. The van der Waals surface area contributed by atoms with Crippen LogP contribution < -0.4 is 5.14 Å². The van der Waals surface area contributed by atoms with Crippen LogP contribution in [-0.4, -0.2) is 8.42 Å². The van der Waals surface area contributed by atoms with Gasteiger partial charge in [-0.3, -0.25) is 0 Å². The van der Waals surface area contributed by atoms with Crippen LogP contribution in [0.5, 0.6) is 0 Å². The molecule has 0 aliphatic rings. The Hall–Kier alpha value is -1.20. The maximum Gasteiger partial charge on any atom is 0.238 e. The van der Waals surface area contributed by atoms with Crippen LogP contribution in [0.15, 0.2) is 29.2 Å². The van der Waals surface area contributed by atoms with Gasteiger partial charge < -0.3 is 0 Å². The van der Waals surface area contributed by atoms with E-state index in [2.05, 4.69) is 0 Å². The van der Waals surface area contributed by atoms with Gasteiger partial charge in [-0.25, -0.2) is 31.1 Å². The van der Waals surface area contributed by atoms with Crippen LogP contribution in [0.25, 0.3) is 11.1 Å². The van der Waals surface area contributed by atoms with Gasteiger partial charge >= 0.3 is 0 Å². The molecular weight excluding hydrogens is 425 g/mol. The lowest BCUT2D eigenvalue weighted by molar-refractivity contribution is 0.561. The molecule has 0 saturated carbocycles. The molecule has 9 heteroatoms. The first-order chi connectivity index (χ1) is 9.62. The van der Waals surface area contributed by atoms with Gasteiger partial charge in [-0.05, 0) is 40.8 Å². The van der Waals surface area contributed by atoms with Gasteiger partial charge in [-0.2, -0.15) is 0 Å². The van der Waals surface area contributed by atoms with Gasteiger partial charge in [0.05, 0.1) is 8.47 Å². The Kier molecular flexibility index (Phi) is 4.26.